The van der Waals surface area contributed by atoms with Crippen molar-refractivity contribution in [3.8, 4) is 5.88 Å². The fourth-order valence-corrected chi connectivity index (χ4v) is 2.38. The third-order valence-electron chi connectivity index (χ3n) is 3.28. The fraction of sp³-hybridized carbons (Fsp3) is 0.267. The molecule has 0 amide bonds. The molecule has 2 aromatic rings. The standard InChI is InChI=1S/C15H17N3O/c1-2-19-15-5-3-4-14(17-15)18-9-11-6-7-13(16)8-12(11)10-18/h3-8H,2,9-10,16H2,1H3. The van der Waals surface area contributed by atoms with Gasteiger partial charge >= 0.3 is 0 Å². The predicted molar refractivity (Wildman–Crippen MR) is 76.1 cm³/mol. The lowest BCUT2D eigenvalue weighted by atomic mass is 10.1. The lowest BCUT2D eigenvalue weighted by Gasteiger charge is -2.17. The molecule has 98 valence electrons. The molecule has 4 nitrogen and oxygen atoms in total. The van der Waals surface area contributed by atoms with Crippen LogP contribution in [-0.4, -0.2) is 11.6 Å². The number of ether oxygens (including phenoxy) is 1. The van der Waals surface area contributed by atoms with Crippen molar-refractivity contribution < 1.29 is 4.74 Å². The zero-order valence-electron chi connectivity index (χ0n) is 11.0. The van der Waals surface area contributed by atoms with Crippen LogP contribution in [-0.2, 0) is 13.1 Å². The highest BCUT2D eigenvalue weighted by Gasteiger charge is 2.20. The first-order valence-electron chi connectivity index (χ1n) is 6.48. The normalized spacial score (nSPS) is 13.4. The van der Waals surface area contributed by atoms with E-state index in [0.717, 1.165) is 24.6 Å². The summed E-state index contributed by atoms with van der Waals surface area (Å²) in [5.41, 5.74) is 9.24. The van der Waals surface area contributed by atoms with Crippen LogP contribution in [0, 0.1) is 0 Å². The molecular formula is C15H17N3O. The van der Waals surface area contributed by atoms with Crippen molar-refractivity contribution in [1.29, 1.82) is 0 Å². The Balaban J connectivity index is 1.84. The molecule has 2 heterocycles. The lowest BCUT2D eigenvalue weighted by molar-refractivity contribution is 0.327. The van der Waals surface area contributed by atoms with Gasteiger partial charge in [-0.3, -0.25) is 0 Å². The molecule has 1 aromatic heterocycles. The predicted octanol–water partition coefficient (Wildman–Crippen LogP) is 2.58. The van der Waals surface area contributed by atoms with Crippen molar-refractivity contribution in [2.45, 2.75) is 20.0 Å². The molecule has 1 aromatic carbocycles. The van der Waals surface area contributed by atoms with Crippen LogP contribution in [0.3, 0.4) is 0 Å². The third kappa shape index (κ3) is 2.34. The Morgan fingerprint density at radius 2 is 2.05 bits per heavy atom. The molecule has 0 saturated carbocycles. The summed E-state index contributed by atoms with van der Waals surface area (Å²) in [6.07, 6.45) is 0. The summed E-state index contributed by atoms with van der Waals surface area (Å²) in [6, 6.07) is 12.0. The first kappa shape index (κ1) is 11.8. The van der Waals surface area contributed by atoms with E-state index < -0.39 is 0 Å². The number of fused-ring (bicyclic) bond motifs is 1. The topological polar surface area (TPSA) is 51.4 Å². The Hall–Kier alpha value is -2.23. The lowest BCUT2D eigenvalue weighted by Crippen LogP contribution is -2.16. The Morgan fingerprint density at radius 1 is 1.21 bits per heavy atom. The zero-order valence-corrected chi connectivity index (χ0v) is 11.0. The van der Waals surface area contributed by atoms with Crippen molar-refractivity contribution in [3.63, 3.8) is 0 Å². The van der Waals surface area contributed by atoms with E-state index in [1.165, 1.54) is 11.1 Å². The summed E-state index contributed by atoms with van der Waals surface area (Å²) >= 11 is 0. The van der Waals surface area contributed by atoms with Gasteiger partial charge < -0.3 is 15.4 Å². The minimum Gasteiger partial charge on any atom is -0.478 e. The summed E-state index contributed by atoms with van der Waals surface area (Å²) in [5, 5.41) is 0. The molecule has 0 aliphatic carbocycles. The Morgan fingerprint density at radius 3 is 2.89 bits per heavy atom. The Kier molecular flexibility index (Phi) is 2.99. The first-order valence-corrected chi connectivity index (χ1v) is 6.48. The number of benzene rings is 1. The molecule has 0 fully saturated rings. The number of hydrogen-bond acceptors (Lipinski definition) is 4. The maximum Gasteiger partial charge on any atom is 0.215 e. The molecular weight excluding hydrogens is 238 g/mol. The molecule has 0 atom stereocenters. The van der Waals surface area contributed by atoms with Gasteiger partial charge in [-0.25, -0.2) is 0 Å². The van der Waals surface area contributed by atoms with Crippen LogP contribution >= 0.6 is 0 Å². The molecule has 0 bridgehead atoms. The van der Waals surface area contributed by atoms with Gasteiger partial charge in [-0.2, -0.15) is 4.98 Å². The third-order valence-corrected chi connectivity index (χ3v) is 3.28. The number of nitrogens with two attached hydrogens (primary N) is 1. The van der Waals surface area contributed by atoms with Gasteiger partial charge in [-0.15, -0.1) is 0 Å². The van der Waals surface area contributed by atoms with Crippen molar-refractivity contribution in [2.75, 3.05) is 17.2 Å². The van der Waals surface area contributed by atoms with E-state index >= 15 is 0 Å². The van der Waals surface area contributed by atoms with E-state index in [2.05, 4.69) is 16.0 Å². The second-order valence-corrected chi connectivity index (χ2v) is 4.65. The van der Waals surface area contributed by atoms with Gasteiger partial charge in [0, 0.05) is 24.8 Å². The van der Waals surface area contributed by atoms with Gasteiger partial charge in [0.1, 0.15) is 5.82 Å². The number of pyridine rings is 1. The summed E-state index contributed by atoms with van der Waals surface area (Å²) in [5.74, 6) is 1.62. The van der Waals surface area contributed by atoms with Gasteiger partial charge in [0.2, 0.25) is 5.88 Å². The van der Waals surface area contributed by atoms with E-state index in [1.807, 2.05) is 37.3 Å². The van der Waals surface area contributed by atoms with Gasteiger partial charge in [0.15, 0.2) is 0 Å². The molecule has 0 radical (unpaired) electrons. The van der Waals surface area contributed by atoms with Crippen LogP contribution in [0.4, 0.5) is 11.5 Å². The van der Waals surface area contributed by atoms with Crippen LogP contribution in [0.5, 0.6) is 5.88 Å². The van der Waals surface area contributed by atoms with Gasteiger partial charge in [-0.05, 0) is 36.2 Å². The van der Waals surface area contributed by atoms with Gasteiger partial charge in [0.05, 0.1) is 6.61 Å². The first-order chi connectivity index (χ1) is 9.26. The van der Waals surface area contributed by atoms with Crippen molar-refractivity contribution in [1.82, 2.24) is 4.98 Å². The van der Waals surface area contributed by atoms with Crippen LogP contribution < -0.4 is 15.4 Å². The quantitative estimate of drug-likeness (QED) is 0.856. The molecule has 2 N–H and O–H groups in total. The monoisotopic (exact) mass is 255 g/mol. The average molecular weight is 255 g/mol. The second-order valence-electron chi connectivity index (χ2n) is 4.65. The Bertz CT molecular complexity index is 598. The molecule has 19 heavy (non-hydrogen) atoms. The van der Waals surface area contributed by atoms with Gasteiger partial charge in [0.25, 0.3) is 0 Å². The van der Waals surface area contributed by atoms with E-state index in [-0.39, 0.29) is 0 Å². The number of anilines is 2. The molecule has 1 aliphatic heterocycles. The molecule has 1 aliphatic rings. The van der Waals surface area contributed by atoms with Crippen molar-refractivity contribution in [2.24, 2.45) is 0 Å². The fourth-order valence-electron chi connectivity index (χ4n) is 2.38. The molecule has 0 spiro atoms. The van der Waals surface area contributed by atoms with E-state index in [1.54, 1.807) is 0 Å². The average Bonchev–Trinajstić information content (AvgIpc) is 2.82. The number of aromatic nitrogens is 1. The van der Waals surface area contributed by atoms with E-state index in [9.17, 15) is 0 Å². The van der Waals surface area contributed by atoms with Crippen LogP contribution in [0.15, 0.2) is 36.4 Å². The highest BCUT2D eigenvalue weighted by molar-refractivity contribution is 5.52. The molecule has 3 rings (SSSR count). The summed E-state index contributed by atoms with van der Waals surface area (Å²) in [6.45, 7) is 4.32. The number of nitrogen functional groups attached to an aromatic ring is 1. The van der Waals surface area contributed by atoms with E-state index in [4.69, 9.17) is 10.5 Å². The van der Waals surface area contributed by atoms with Crippen LogP contribution in [0.25, 0.3) is 0 Å². The maximum atomic E-state index is 5.82. The highest BCUT2D eigenvalue weighted by atomic mass is 16.5. The number of rotatable bonds is 3. The van der Waals surface area contributed by atoms with E-state index in [0.29, 0.717) is 12.5 Å². The largest absolute Gasteiger partial charge is 0.478 e. The number of nitrogens with zero attached hydrogens (tertiary/aromatic N) is 2. The molecule has 0 saturated heterocycles. The maximum absolute atomic E-state index is 5.82. The minimum absolute atomic E-state index is 0.632. The zero-order chi connectivity index (χ0) is 13.2. The highest BCUT2D eigenvalue weighted by Crippen LogP contribution is 2.29. The smallest absolute Gasteiger partial charge is 0.215 e. The summed E-state index contributed by atoms with van der Waals surface area (Å²) in [4.78, 5) is 6.75. The van der Waals surface area contributed by atoms with Gasteiger partial charge in [-0.1, -0.05) is 12.1 Å². The second kappa shape index (κ2) is 4.80. The Labute approximate surface area is 112 Å². The van der Waals surface area contributed by atoms with Crippen molar-refractivity contribution >= 4 is 11.5 Å². The molecule has 4 heteroatoms. The summed E-state index contributed by atoms with van der Waals surface area (Å²) in [7, 11) is 0. The van der Waals surface area contributed by atoms with Crippen molar-refractivity contribution in [3.05, 3.63) is 47.5 Å². The van der Waals surface area contributed by atoms with Crippen LogP contribution in [0.2, 0.25) is 0 Å². The summed E-state index contributed by atoms with van der Waals surface area (Å²) < 4.78 is 5.44. The minimum atomic E-state index is 0.632. The number of hydrogen-bond donors (Lipinski definition) is 1. The van der Waals surface area contributed by atoms with Crippen LogP contribution in [0.1, 0.15) is 18.1 Å². The SMILES string of the molecule is CCOc1cccc(N2Cc3ccc(N)cc3C2)n1. The molecule has 0 unspecified atom stereocenters.